The molecule has 0 heterocycles. The minimum atomic E-state index is 0.645. The molecule has 4 heteroatoms. The number of methoxy groups -OCH3 is 1. The maximum absolute atomic E-state index is 5.96. The molecule has 0 saturated carbocycles. The van der Waals surface area contributed by atoms with Crippen molar-refractivity contribution in [1.82, 2.24) is 5.32 Å². The van der Waals surface area contributed by atoms with Gasteiger partial charge in [0.2, 0.25) is 0 Å². The fourth-order valence-corrected chi connectivity index (χ4v) is 2.63. The molecule has 2 aromatic carbocycles. The van der Waals surface area contributed by atoms with E-state index in [1.165, 1.54) is 5.56 Å². The van der Waals surface area contributed by atoms with Gasteiger partial charge in [-0.3, -0.25) is 0 Å². The van der Waals surface area contributed by atoms with E-state index in [0.29, 0.717) is 6.61 Å². The molecule has 0 atom stereocenters. The molecule has 0 aromatic heterocycles. The van der Waals surface area contributed by atoms with Crippen LogP contribution in [0, 0.1) is 0 Å². The monoisotopic (exact) mass is 349 g/mol. The number of ether oxygens (including phenoxy) is 2. The van der Waals surface area contributed by atoms with Gasteiger partial charge in [-0.1, -0.05) is 24.3 Å². The van der Waals surface area contributed by atoms with Crippen LogP contribution in [-0.4, -0.2) is 20.8 Å². The standard InChI is InChI=1S/C17H20BrNO2/c1-19-12-14-4-3-5-16(18)17(14)21-11-10-13-6-8-15(20-2)9-7-13/h3-9,19H,10-12H2,1-2H3. The SMILES string of the molecule is CNCc1cccc(Br)c1OCCc1ccc(OC)cc1. The molecule has 2 rings (SSSR count). The molecule has 0 aliphatic rings. The third kappa shape index (κ3) is 4.48. The first-order valence-electron chi connectivity index (χ1n) is 6.92. The summed E-state index contributed by atoms with van der Waals surface area (Å²) in [4.78, 5) is 0. The van der Waals surface area contributed by atoms with E-state index >= 15 is 0 Å². The van der Waals surface area contributed by atoms with E-state index in [0.717, 1.165) is 34.5 Å². The smallest absolute Gasteiger partial charge is 0.137 e. The summed E-state index contributed by atoms with van der Waals surface area (Å²) in [5, 5.41) is 3.16. The Kier molecular flexibility index (Phi) is 6.08. The molecule has 0 spiro atoms. The molecule has 0 saturated heterocycles. The highest BCUT2D eigenvalue weighted by molar-refractivity contribution is 9.10. The number of rotatable bonds is 7. The van der Waals surface area contributed by atoms with Crippen molar-refractivity contribution in [3.8, 4) is 11.5 Å². The quantitative estimate of drug-likeness (QED) is 0.824. The molecule has 21 heavy (non-hydrogen) atoms. The van der Waals surface area contributed by atoms with Gasteiger partial charge >= 0.3 is 0 Å². The van der Waals surface area contributed by atoms with Crippen molar-refractivity contribution >= 4 is 15.9 Å². The summed E-state index contributed by atoms with van der Waals surface area (Å²) in [6.45, 7) is 1.43. The first-order valence-corrected chi connectivity index (χ1v) is 7.71. The van der Waals surface area contributed by atoms with Crippen molar-refractivity contribution < 1.29 is 9.47 Å². The zero-order valence-electron chi connectivity index (χ0n) is 12.4. The highest BCUT2D eigenvalue weighted by Crippen LogP contribution is 2.29. The number of hydrogen-bond donors (Lipinski definition) is 1. The highest BCUT2D eigenvalue weighted by atomic mass is 79.9. The summed E-state index contributed by atoms with van der Waals surface area (Å²) in [5.41, 5.74) is 2.39. The molecule has 0 fully saturated rings. The summed E-state index contributed by atoms with van der Waals surface area (Å²) >= 11 is 3.55. The molecule has 0 bridgehead atoms. The lowest BCUT2D eigenvalue weighted by molar-refractivity contribution is 0.316. The fourth-order valence-electron chi connectivity index (χ4n) is 2.11. The third-order valence-electron chi connectivity index (χ3n) is 3.21. The second-order valence-corrected chi connectivity index (χ2v) is 5.56. The average molecular weight is 350 g/mol. The summed E-state index contributed by atoms with van der Waals surface area (Å²) in [7, 11) is 3.61. The summed E-state index contributed by atoms with van der Waals surface area (Å²) in [6, 6.07) is 14.2. The fraction of sp³-hybridized carbons (Fsp3) is 0.294. The van der Waals surface area contributed by atoms with Crippen LogP contribution in [0.25, 0.3) is 0 Å². The maximum Gasteiger partial charge on any atom is 0.137 e. The van der Waals surface area contributed by atoms with Crippen molar-refractivity contribution in [2.24, 2.45) is 0 Å². The second-order valence-electron chi connectivity index (χ2n) is 4.70. The Morgan fingerprint density at radius 1 is 1.10 bits per heavy atom. The predicted octanol–water partition coefficient (Wildman–Crippen LogP) is 3.80. The van der Waals surface area contributed by atoms with Crippen LogP contribution < -0.4 is 14.8 Å². The Labute approximate surface area is 134 Å². The number of hydrogen-bond acceptors (Lipinski definition) is 3. The van der Waals surface area contributed by atoms with E-state index in [9.17, 15) is 0 Å². The van der Waals surface area contributed by atoms with Crippen molar-refractivity contribution in [2.75, 3.05) is 20.8 Å². The van der Waals surface area contributed by atoms with Crippen LogP contribution in [0.5, 0.6) is 11.5 Å². The van der Waals surface area contributed by atoms with Gasteiger partial charge in [-0.05, 0) is 46.7 Å². The molecular formula is C17H20BrNO2. The zero-order valence-corrected chi connectivity index (χ0v) is 13.9. The number of benzene rings is 2. The molecule has 0 amide bonds. The number of para-hydroxylation sites is 1. The van der Waals surface area contributed by atoms with Gasteiger partial charge in [0.15, 0.2) is 0 Å². The Morgan fingerprint density at radius 3 is 2.52 bits per heavy atom. The second kappa shape index (κ2) is 8.05. The molecule has 1 N–H and O–H groups in total. The van der Waals surface area contributed by atoms with E-state index in [1.54, 1.807) is 7.11 Å². The Balaban J connectivity index is 1.96. The van der Waals surface area contributed by atoms with E-state index in [2.05, 4.69) is 39.4 Å². The van der Waals surface area contributed by atoms with Gasteiger partial charge in [0.1, 0.15) is 11.5 Å². The number of halogens is 1. The van der Waals surface area contributed by atoms with Crippen LogP contribution in [0.1, 0.15) is 11.1 Å². The minimum Gasteiger partial charge on any atom is -0.497 e. The predicted molar refractivity (Wildman–Crippen MR) is 89.1 cm³/mol. The average Bonchev–Trinajstić information content (AvgIpc) is 2.51. The topological polar surface area (TPSA) is 30.5 Å². The van der Waals surface area contributed by atoms with Crippen molar-refractivity contribution in [2.45, 2.75) is 13.0 Å². The molecule has 0 unspecified atom stereocenters. The Morgan fingerprint density at radius 2 is 1.86 bits per heavy atom. The molecule has 112 valence electrons. The van der Waals surface area contributed by atoms with Crippen LogP contribution in [0.15, 0.2) is 46.9 Å². The third-order valence-corrected chi connectivity index (χ3v) is 3.84. The summed E-state index contributed by atoms with van der Waals surface area (Å²) < 4.78 is 12.1. The first kappa shape index (κ1) is 15.9. The van der Waals surface area contributed by atoms with Gasteiger partial charge in [-0.25, -0.2) is 0 Å². The molecule has 2 aromatic rings. The van der Waals surface area contributed by atoms with Crippen molar-refractivity contribution in [3.05, 3.63) is 58.1 Å². The van der Waals surface area contributed by atoms with E-state index in [4.69, 9.17) is 9.47 Å². The van der Waals surface area contributed by atoms with E-state index in [-0.39, 0.29) is 0 Å². The van der Waals surface area contributed by atoms with E-state index in [1.807, 2.05) is 31.3 Å². The molecule has 0 aliphatic heterocycles. The summed E-state index contributed by atoms with van der Waals surface area (Å²) in [5.74, 6) is 1.79. The van der Waals surface area contributed by atoms with Crippen LogP contribution >= 0.6 is 15.9 Å². The lowest BCUT2D eigenvalue weighted by Gasteiger charge is -2.13. The van der Waals surface area contributed by atoms with Crippen LogP contribution in [-0.2, 0) is 13.0 Å². The minimum absolute atomic E-state index is 0.645. The van der Waals surface area contributed by atoms with Gasteiger partial charge in [0.25, 0.3) is 0 Å². The van der Waals surface area contributed by atoms with Gasteiger partial charge in [-0.15, -0.1) is 0 Å². The lowest BCUT2D eigenvalue weighted by Crippen LogP contribution is -2.09. The molecule has 0 radical (unpaired) electrons. The van der Waals surface area contributed by atoms with Crippen LogP contribution in [0.4, 0.5) is 0 Å². The van der Waals surface area contributed by atoms with Gasteiger partial charge in [0, 0.05) is 18.5 Å². The van der Waals surface area contributed by atoms with Crippen LogP contribution in [0.2, 0.25) is 0 Å². The van der Waals surface area contributed by atoms with E-state index < -0.39 is 0 Å². The maximum atomic E-state index is 5.96. The number of nitrogens with one attached hydrogen (secondary N) is 1. The lowest BCUT2D eigenvalue weighted by atomic mass is 10.1. The Bertz CT molecular complexity index is 570. The normalized spacial score (nSPS) is 10.4. The van der Waals surface area contributed by atoms with Gasteiger partial charge in [0.05, 0.1) is 18.2 Å². The molecule has 3 nitrogen and oxygen atoms in total. The molecule has 0 aliphatic carbocycles. The van der Waals surface area contributed by atoms with Gasteiger partial charge < -0.3 is 14.8 Å². The first-order chi connectivity index (χ1) is 10.2. The summed E-state index contributed by atoms with van der Waals surface area (Å²) in [6.07, 6.45) is 0.865. The van der Waals surface area contributed by atoms with Crippen LogP contribution in [0.3, 0.4) is 0 Å². The largest absolute Gasteiger partial charge is 0.497 e. The van der Waals surface area contributed by atoms with Crippen molar-refractivity contribution in [3.63, 3.8) is 0 Å². The zero-order chi connectivity index (χ0) is 15.1. The Hall–Kier alpha value is -1.52. The van der Waals surface area contributed by atoms with Gasteiger partial charge in [-0.2, -0.15) is 0 Å². The van der Waals surface area contributed by atoms with Crippen molar-refractivity contribution in [1.29, 1.82) is 0 Å². The molecular weight excluding hydrogens is 330 g/mol. The highest BCUT2D eigenvalue weighted by Gasteiger charge is 2.07.